The smallest absolute Gasteiger partial charge is 0.328 e. The largest absolute Gasteiger partial charge is 0.369 e. The highest BCUT2D eigenvalue weighted by Crippen LogP contribution is 2.42. The van der Waals surface area contributed by atoms with Crippen molar-refractivity contribution in [2.45, 2.75) is 26.3 Å². The van der Waals surface area contributed by atoms with E-state index in [1.807, 2.05) is 0 Å². The topological polar surface area (TPSA) is 149 Å². The molecule has 0 aliphatic carbocycles. The van der Waals surface area contributed by atoms with Crippen molar-refractivity contribution in [2.75, 3.05) is 18.5 Å². The molecule has 0 spiro atoms. The summed E-state index contributed by atoms with van der Waals surface area (Å²) in [4.78, 5) is 27.3. The standard InChI is InChI=1S/C10H17N6O4P/c1-2-20-21(18,19)6-4-3-5-16-8-7(14-15-16)9(17)13-10(11)12-8/h2-6H2,1H3,(H,18,19)(H3,11,12,13,17). The maximum atomic E-state index is 11.6. The Labute approximate surface area is 119 Å². The summed E-state index contributed by atoms with van der Waals surface area (Å²) in [7, 11) is -3.50. The lowest BCUT2D eigenvalue weighted by molar-refractivity contribution is 0.272. The zero-order valence-corrected chi connectivity index (χ0v) is 12.4. The number of anilines is 1. The van der Waals surface area contributed by atoms with Crippen molar-refractivity contribution in [1.29, 1.82) is 0 Å². The van der Waals surface area contributed by atoms with Crippen molar-refractivity contribution >= 4 is 24.7 Å². The van der Waals surface area contributed by atoms with E-state index in [2.05, 4.69) is 20.3 Å². The lowest BCUT2D eigenvalue weighted by atomic mass is 10.3. The Kier molecular flexibility index (Phi) is 4.71. The normalized spacial score (nSPS) is 14.4. The molecule has 116 valence electrons. The van der Waals surface area contributed by atoms with Crippen LogP contribution in [0, 0.1) is 0 Å². The minimum atomic E-state index is -3.50. The third-order valence-electron chi connectivity index (χ3n) is 2.78. The zero-order chi connectivity index (χ0) is 15.5. The molecule has 2 aromatic rings. The van der Waals surface area contributed by atoms with Gasteiger partial charge in [0.05, 0.1) is 12.8 Å². The highest BCUT2D eigenvalue weighted by Gasteiger charge is 2.17. The molecule has 0 aliphatic rings. The highest BCUT2D eigenvalue weighted by atomic mass is 31.2. The number of fused-ring (bicyclic) bond motifs is 1. The van der Waals surface area contributed by atoms with Gasteiger partial charge in [-0.3, -0.25) is 14.3 Å². The van der Waals surface area contributed by atoms with Gasteiger partial charge in [-0.25, -0.2) is 4.68 Å². The molecule has 0 saturated carbocycles. The first-order valence-corrected chi connectivity index (χ1v) is 8.24. The monoisotopic (exact) mass is 316 g/mol. The number of aromatic amines is 1. The van der Waals surface area contributed by atoms with Gasteiger partial charge in [0.1, 0.15) is 0 Å². The Morgan fingerprint density at radius 3 is 2.95 bits per heavy atom. The molecular weight excluding hydrogens is 299 g/mol. The molecule has 0 aromatic carbocycles. The van der Waals surface area contributed by atoms with E-state index in [4.69, 9.17) is 10.3 Å². The third-order valence-corrected chi connectivity index (χ3v) is 4.33. The highest BCUT2D eigenvalue weighted by molar-refractivity contribution is 7.52. The summed E-state index contributed by atoms with van der Waals surface area (Å²) in [6.45, 7) is 2.28. The SMILES string of the molecule is CCOP(=O)(O)CCCCn1nnc2c(=O)[nH]c(N)nc21. The second-order valence-corrected chi connectivity index (χ2v) is 6.40. The number of unbranched alkanes of at least 4 members (excludes halogenated alkanes) is 1. The van der Waals surface area contributed by atoms with E-state index in [9.17, 15) is 14.3 Å². The van der Waals surface area contributed by atoms with Crippen LogP contribution in [0.15, 0.2) is 4.79 Å². The Morgan fingerprint density at radius 1 is 1.48 bits per heavy atom. The van der Waals surface area contributed by atoms with Crippen LogP contribution in [0.3, 0.4) is 0 Å². The van der Waals surface area contributed by atoms with E-state index in [1.54, 1.807) is 6.92 Å². The van der Waals surface area contributed by atoms with Crippen molar-refractivity contribution in [1.82, 2.24) is 25.0 Å². The first-order valence-electron chi connectivity index (χ1n) is 6.48. The maximum absolute atomic E-state index is 11.6. The predicted molar refractivity (Wildman–Crippen MR) is 75.9 cm³/mol. The summed E-state index contributed by atoms with van der Waals surface area (Å²) in [5.41, 5.74) is 5.45. The summed E-state index contributed by atoms with van der Waals surface area (Å²) < 4.78 is 17.7. The Bertz CT molecular complexity index is 726. The Hall–Kier alpha value is -1.77. The lowest BCUT2D eigenvalue weighted by Crippen LogP contribution is -2.12. The molecule has 2 rings (SSSR count). The zero-order valence-electron chi connectivity index (χ0n) is 11.5. The number of nitrogens with one attached hydrogen (secondary N) is 1. The predicted octanol–water partition coefficient (Wildman–Crippen LogP) is 0.0989. The molecule has 1 unspecified atom stereocenters. The molecule has 10 nitrogen and oxygen atoms in total. The number of H-pyrrole nitrogens is 1. The number of aromatic nitrogens is 5. The maximum Gasteiger partial charge on any atom is 0.328 e. The van der Waals surface area contributed by atoms with Gasteiger partial charge in [-0.15, -0.1) is 5.10 Å². The van der Waals surface area contributed by atoms with Crippen LogP contribution in [0.1, 0.15) is 19.8 Å². The fourth-order valence-electron chi connectivity index (χ4n) is 1.87. The molecular formula is C10H17N6O4P. The molecule has 4 N–H and O–H groups in total. The second kappa shape index (κ2) is 6.33. The van der Waals surface area contributed by atoms with Gasteiger partial charge in [0.15, 0.2) is 11.2 Å². The first kappa shape index (κ1) is 15.6. The Balaban J connectivity index is 1.99. The van der Waals surface area contributed by atoms with E-state index in [1.165, 1.54) is 4.68 Å². The summed E-state index contributed by atoms with van der Waals surface area (Å²) in [5, 5.41) is 7.57. The molecule has 11 heteroatoms. The van der Waals surface area contributed by atoms with Crippen LogP contribution in [0.4, 0.5) is 5.95 Å². The fourth-order valence-corrected chi connectivity index (χ4v) is 3.03. The average molecular weight is 316 g/mol. The molecule has 2 aromatic heterocycles. The molecule has 1 atom stereocenters. The average Bonchev–Trinajstić information content (AvgIpc) is 2.78. The van der Waals surface area contributed by atoms with E-state index < -0.39 is 13.2 Å². The number of hydrogen-bond donors (Lipinski definition) is 3. The first-order chi connectivity index (χ1) is 9.93. The quantitative estimate of drug-likeness (QED) is 0.481. The van der Waals surface area contributed by atoms with Gasteiger partial charge in [-0.05, 0) is 19.8 Å². The molecule has 0 amide bonds. The Morgan fingerprint density at radius 2 is 2.24 bits per heavy atom. The van der Waals surface area contributed by atoms with Crippen LogP contribution in [-0.2, 0) is 15.6 Å². The molecule has 2 heterocycles. The molecule has 0 bridgehead atoms. The van der Waals surface area contributed by atoms with Gasteiger partial charge in [0.25, 0.3) is 5.56 Å². The van der Waals surface area contributed by atoms with Crippen molar-refractivity contribution < 1.29 is 14.0 Å². The minimum Gasteiger partial charge on any atom is -0.369 e. The van der Waals surface area contributed by atoms with E-state index in [0.29, 0.717) is 25.0 Å². The summed E-state index contributed by atoms with van der Waals surface area (Å²) >= 11 is 0. The van der Waals surface area contributed by atoms with Crippen LogP contribution < -0.4 is 11.3 Å². The van der Waals surface area contributed by atoms with Crippen molar-refractivity contribution in [2.24, 2.45) is 0 Å². The third kappa shape index (κ3) is 3.87. The summed E-state index contributed by atoms with van der Waals surface area (Å²) in [5.74, 6) is -0.00717. The van der Waals surface area contributed by atoms with Gasteiger partial charge in [0.2, 0.25) is 5.95 Å². The summed E-state index contributed by atoms with van der Waals surface area (Å²) in [6, 6.07) is 0. The van der Waals surface area contributed by atoms with Gasteiger partial charge >= 0.3 is 7.60 Å². The van der Waals surface area contributed by atoms with Gasteiger partial charge in [0, 0.05) is 6.54 Å². The van der Waals surface area contributed by atoms with Crippen LogP contribution in [0.25, 0.3) is 11.2 Å². The van der Waals surface area contributed by atoms with Crippen LogP contribution >= 0.6 is 7.60 Å². The minimum absolute atomic E-state index is 0.00717. The van der Waals surface area contributed by atoms with Crippen molar-refractivity contribution in [3.8, 4) is 0 Å². The van der Waals surface area contributed by atoms with E-state index >= 15 is 0 Å². The number of nitrogens with two attached hydrogens (primary N) is 1. The molecule has 0 fully saturated rings. The van der Waals surface area contributed by atoms with E-state index in [0.717, 1.165) is 0 Å². The van der Waals surface area contributed by atoms with E-state index in [-0.39, 0.29) is 24.2 Å². The lowest BCUT2D eigenvalue weighted by Gasteiger charge is -2.10. The van der Waals surface area contributed by atoms with Crippen molar-refractivity contribution in [3.05, 3.63) is 10.4 Å². The number of rotatable bonds is 7. The fraction of sp³-hybridized carbons (Fsp3) is 0.600. The van der Waals surface area contributed by atoms with Gasteiger partial charge in [-0.1, -0.05) is 5.21 Å². The molecule has 0 radical (unpaired) electrons. The molecule has 0 saturated heterocycles. The van der Waals surface area contributed by atoms with Crippen LogP contribution in [0.2, 0.25) is 0 Å². The molecule has 0 aliphatic heterocycles. The van der Waals surface area contributed by atoms with Gasteiger partial charge in [-0.2, -0.15) is 4.98 Å². The molecule has 21 heavy (non-hydrogen) atoms. The second-order valence-electron chi connectivity index (χ2n) is 4.42. The number of hydrogen-bond acceptors (Lipinski definition) is 7. The number of aryl methyl sites for hydroxylation is 1. The summed E-state index contributed by atoms with van der Waals surface area (Å²) in [6.07, 6.45) is 1.13. The van der Waals surface area contributed by atoms with Gasteiger partial charge < -0.3 is 15.2 Å². The van der Waals surface area contributed by atoms with Crippen LogP contribution in [-0.4, -0.2) is 42.6 Å². The van der Waals surface area contributed by atoms with Crippen LogP contribution in [0.5, 0.6) is 0 Å². The number of nitrogens with zero attached hydrogens (tertiary/aromatic N) is 4. The van der Waals surface area contributed by atoms with Crippen molar-refractivity contribution in [3.63, 3.8) is 0 Å². The number of nitrogen functional groups attached to an aromatic ring is 1.